The number of carbonyl (C=O) groups excluding carboxylic acids is 1. The maximum absolute atomic E-state index is 12.9. The van der Waals surface area contributed by atoms with E-state index in [2.05, 4.69) is 5.10 Å². The quantitative estimate of drug-likeness (QED) is 0.664. The zero-order valence-corrected chi connectivity index (χ0v) is 10.2. The van der Waals surface area contributed by atoms with Crippen molar-refractivity contribution in [1.82, 2.24) is 5.01 Å². The standard InChI is InChI=1S/C11H8F3N3O4/c12-11(13,14)10(19)5-6-15-16(10)9(18)7-3-1-2-4-8(7)17(20)21/h1-4,6,19H,5H2. The van der Waals surface area contributed by atoms with Crippen LogP contribution in [-0.2, 0) is 0 Å². The van der Waals surface area contributed by atoms with Crippen LogP contribution in [0.15, 0.2) is 29.4 Å². The minimum Gasteiger partial charge on any atom is -0.362 e. The predicted molar refractivity (Wildman–Crippen MR) is 63.4 cm³/mol. The minimum absolute atomic E-state index is 0.185. The fourth-order valence-electron chi connectivity index (χ4n) is 1.82. The summed E-state index contributed by atoms with van der Waals surface area (Å²) in [6.07, 6.45) is -5.37. The zero-order valence-electron chi connectivity index (χ0n) is 10.2. The molecule has 0 aromatic heterocycles. The van der Waals surface area contributed by atoms with Crippen molar-refractivity contribution >= 4 is 17.8 Å². The van der Waals surface area contributed by atoms with E-state index in [0.29, 0.717) is 0 Å². The van der Waals surface area contributed by atoms with E-state index >= 15 is 0 Å². The molecule has 0 bridgehead atoms. The summed E-state index contributed by atoms with van der Waals surface area (Å²) in [6, 6.07) is 4.48. The number of hydrazone groups is 1. The molecule has 0 saturated heterocycles. The third kappa shape index (κ3) is 2.33. The molecule has 0 radical (unpaired) electrons. The number of nitrogens with zero attached hydrogens (tertiary/aromatic N) is 3. The van der Waals surface area contributed by atoms with Crippen molar-refractivity contribution in [3.05, 3.63) is 39.9 Å². The Labute approximate surface area is 115 Å². The summed E-state index contributed by atoms with van der Waals surface area (Å²) in [4.78, 5) is 22.0. The molecule has 112 valence electrons. The Morgan fingerprint density at radius 2 is 2.05 bits per heavy atom. The van der Waals surface area contributed by atoms with E-state index in [-0.39, 0.29) is 5.01 Å². The lowest BCUT2D eigenvalue weighted by Gasteiger charge is -2.32. The summed E-state index contributed by atoms with van der Waals surface area (Å²) in [6.45, 7) is 0. The van der Waals surface area contributed by atoms with Crippen LogP contribution in [-0.4, -0.2) is 39.1 Å². The molecule has 0 saturated carbocycles. The van der Waals surface area contributed by atoms with Crippen LogP contribution in [0, 0.1) is 10.1 Å². The highest BCUT2D eigenvalue weighted by molar-refractivity contribution is 5.99. The van der Waals surface area contributed by atoms with Gasteiger partial charge in [-0.05, 0) is 6.07 Å². The summed E-state index contributed by atoms with van der Waals surface area (Å²) < 4.78 is 38.6. The maximum atomic E-state index is 12.9. The lowest BCUT2D eigenvalue weighted by Crippen LogP contribution is -2.56. The Bertz CT molecular complexity index is 631. The van der Waals surface area contributed by atoms with E-state index in [1.807, 2.05) is 0 Å². The number of hydrogen-bond donors (Lipinski definition) is 1. The third-order valence-electron chi connectivity index (χ3n) is 2.90. The average Bonchev–Trinajstić information content (AvgIpc) is 2.81. The predicted octanol–water partition coefficient (Wildman–Crippen LogP) is 1.68. The lowest BCUT2D eigenvalue weighted by atomic mass is 10.1. The van der Waals surface area contributed by atoms with Crippen molar-refractivity contribution in [2.24, 2.45) is 5.10 Å². The number of nitro benzene ring substituents is 1. The van der Waals surface area contributed by atoms with Gasteiger partial charge in [-0.1, -0.05) is 12.1 Å². The number of benzene rings is 1. The van der Waals surface area contributed by atoms with Gasteiger partial charge in [0.15, 0.2) is 0 Å². The minimum atomic E-state index is -5.15. The molecule has 1 aromatic rings. The van der Waals surface area contributed by atoms with Gasteiger partial charge in [0, 0.05) is 18.7 Å². The van der Waals surface area contributed by atoms with Crippen molar-refractivity contribution in [3.63, 3.8) is 0 Å². The molecule has 1 heterocycles. The second kappa shape index (κ2) is 4.81. The Morgan fingerprint density at radius 3 is 2.62 bits per heavy atom. The highest BCUT2D eigenvalue weighted by Gasteiger charge is 2.61. The molecule has 7 nitrogen and oxygen atoms in total. The van der Waals surface area contributed by atoms with Gasteiger partial charge in [-0.25, -0.2) is 0 Å². The van der Waals surface area contributed by atoms with Gasteiger partial charge in [0.2, 0.25) is 0 Å². The summed E-state index contributed by atoms with van der Waals surface area (Å²) >= 11 is 0. The number of aliphatic hydroxyl groups is 1. The van der Waals surface area contributed by atoms with Crippen molar-refractivity contribution < 1.29 is 28.0 Å². The normalized spacial score (nSPS) is 21.6. The Morgan fingerprint density at radius 1 is 1.43 bits per heavy atom. The van der Waals surface area contributed by atoms with Crippen molar-refractivity contribution in [1.29, 1.82) is 0 Å². The molecule has 1 aliphatic rings. The number of para-hydroxylation sites is 1. The highest BCUT2D eigenvalue weighted by atomic mass is 19.4. The van der Waals surface area contributed by atoms with E-state index in [4.69, 9.17) is 0 Å². The fraction of sp³-hybridized carbons (Fsp3) is 0.273. The number of halogens is 3. The van der Waals surface area contributed by atoms with Crippen LogP contribution in [0.3, 0.4) is 0 Å². The van der Waals surface area contributed by atoms with Crippen LogP contribution in [0.2, 0.25) is 0 Å². The molecule has 10 heteroatoms. The molecule has 1 aromatic carbocycles. The zero-order chi connectivity index (χ0) is 15.8. The second-order valence-electron chi connectivity index (χ2n) is 4.21. The molecule has 0 spiro atoms. The van der Waals surface area contributed by atoms with Gasteiger partial charge in [-0.2, -0.15) is 23.3 Å². The van der Waals surface area contributed by atoms with Gasteiger partial charge < -0.3 is 5.11 Å². The van der Waals surface area contributed by atoms with Gasteiger partial charge in [0.1, 0.15) is 5.56 Å². The number of hydrogen-bond acceptors (Lipinski definition) is 5. The van der Waals surface area contributed by atoms with Crippen LogP contribution in [0.25, 0.3) is 0 Å². The molecular weight excluding hydrogens is 295 g/mol. The molecule has 0 fully saturated rings. The van der Waals surface area contributed by atoms with E-state index in [1.54, 1.807) is 0 Å². The van der Waals surface area contributed by atoms with Crippen LogP contribution in [0.5, 0.6) is 0 Å². The monoisotopic (exact) mass is 303 g/mol. The summed E-state index contributed by atoms with van der Waals surface area (Å²) in [7, 11) is 0. The summed E-state index contributed by atoms with van der Waals surface area (Å²) in [5, 5.41) is 23.5. The Kier molecular flexibility index (Phi) is 3.41. The van der Waals surface area contributed by atoms with Crippen LogP contribution in [0.4, 0.5) is 18.9 Å². The van der Waals surface area contributed by atoms with Gasteiger partial charge in [-0.3, -0.25) is 14.9 Å². The number of amides is 1. The van der Waals surface area contributed by atoms with E-state index < -0.39 is 40.4 Å². The van der Waals surface area contributed by atoms with Gasteiger partial charge in [0.25, 0.3) is 17.3 Å². The van der Waals surface area contributed by atoms with Crippen LogP contribution < -0.4 is 0 Å². The van der Waals surface area contributed by atoms with Crippen LogP contribution in [0.1, 0.15) is 16.8 Å². The number of alkyl halides is 3. The van der Waals surface area contributed by atoms with Gasteiger partial charge in [-0.15, -0.1) is 0 Å². The average molecular weight is 303 g/mol. The van der Waals surface area contributed by atoms with Gasteiger partial charge >= 0.3 is 6.18 Å². The maximum Gasteiger partial charge on any atom is 0.438 e. The first kappa shape index (κ1) is 14.9. The van der Waals surface area contributed by atoms with Gasteiger partial charge in [0.05, 0.1) is 4.92 Å². The van der Waals surface area contributed by atoms with Crippen molar-refractivity contribution in [3.8, 4) is 0 Å². The smallest absolute Gasteiger partial charge is 0.362 e. The molecule has 1 atom stereocenters. The van der Waals surface area contributed by atoms with Crippen molar-refractivity contribution in [2.45, 2.75) is 18.3 Å². The van der Waals surface area contributed by atoms with Crippen molar-refractivity contribution in [2.75, 3.05) is 0 Å². The fourth-order valence-corrected chi connectivity index (χ4v) is 1.82. The van der Waals surface area contributed by atoms with E-state index in [9.17, 15) is 33.2 Å². The first-order valence-corrected chi connectivity index (χ1v) is 5.58. The molecular formula is C11H8F3N3O4. The first-order chi connectivity index (χ1) is 9.68. The highest BCUT2D eigenvalue weighted by Crippen LogP contribution is 2.39. The first-order valence-electron chi connectivity index (χ1n) is 5.58. The molecule has 2 rings (SSSR count). The number of rotatable bonds is 2. The summed E-state index contributed by atoms with van der Waals surface area (Å²) in [5.41, 5.74) is -4.77. The van der Waals surface area contributed by atoms with E-state index in [0.717, 1.165) is 18.3 Å². The Balaban J connectivity index is 2.46. The number of nitro groups is 1. The molecule has 1 unspecified atom stereocenters. The molecule has 1 N–H and O–H groups in total. The molecule has 0 aliphatic carbocycles. The summed E-state index contributed by atoms with van der Waals surface area (Å²) in [5.74, 6) is -1.41. The lowest BCUT2D eigenvalue weighted by molar-refractivity contribution is -0.385. The van der Waals surface area contributed by atoms with Crippen LogP contribution >= 0.6 is 0 Å². The largest absolute Gasteiger partial charge is 0.438 e. The SMILES string of the molecule is O=C(c1ccccc1[N+](=O)[O-])N1N=CCC1(O)C(F)(F)F. The third-order valence-corrected chi connectivity index (χ3v) is 2.90. The van der Waals surface area contributed by atoms with E-state index in [1.165, 1.54) is 12.1 Å². The molecule has 21 heavy (non-hydrogen) atoms. The molecule has 1 aliphatic heterocycles. The topological polar surface area (TPSA) is 96.0 Å². The molecule has 1 amide bonds. The number of carbonyl (C=O) groups is 1. The second-order valence-corrected chi connectivity index (χ2v) is 4.21. The Hall–Kier alpha value is -2.49.